The molecule has 3 aliphatic rings. The van der Waals surface area contributed by atoms with Gasteiger partial charge >= 0.3 is 0 Å². The minimum atomic E-state index is 0.469. The predicted molar refractivity (Wildman–Crippen MR) is 116 cm³/mol. The van der Waals surface area contributed by atoms with Crippen molar-refractivity contribution in [1.82, 2.24) is 0 Å². The third-order valence-electron chi connectivity index (χ3n) is 7.58. The van der Waals surface area contributed by atoms with Gasteiger partial charge in [-0.1, -0.05) is 85.3 Å². The molecule has 2 aliphatic heterocycles. The standard InChI is InChI=1S/C27H27N/c1-3-10-19(11-4-1)24-18-26(20-12-5-2-6-13-20)28-25-17-8-7-14-21(25)22-15-9-16-23(24)27(22)28/h1-8,10-14,17,22-24,26-27H,9,15-16,18H2/t22-,23+,24-,26+,27+/m0/s1. The van der Waals surface area contributed by atoms with Gasteiger partial charge in [-0.2, -0.15) is 0 Å². The quantitative estimate of drug-likeness (QED) is 0.489. The Balaban J connectivity index is 1.52. The Bertz CT molecular complexity index is 964. The molecule has 140 valence electrons. The Morgan fingerprint density at radius 2 is 1.32 bits per heavy atom. The highest BCUT2D eigenvalue weighted by Crippen LogP contribution is 2.60. The van der Waals surface area contributed by atoms with Crippen molar-refractivity contribution < 1.29 is 0 Å². The van der Waals surface area contributed by atoms with Gasteiger partial charge in [0.15, 0.2) is 0 Å². The van der Waals surface area contributed by atoms with Crippen molar-refractivity contribution >= 4 is 5.69 Å². The molecule has 1 aliphatic carbocycles. The van der Waals surface area contributed by atoms with Crippen LogP contribution in [0.4, 0.5) is 5.69 Å². The Hall–Kier alpha value is -2.54. The van der Waals surface area contributed by atoms with Gasteiger partial charge in [0.05, 0.1) is 6.04 Å². The fraction of sp³-hybridized carbons (Fsp3) is 0.333. The number of nitrogens with zero attached hydrogens (tertiary/aromatic N) is 1. The first-order chi connectivity index (χ1) is 13.9. The monoisotopic (exact) mass is 365 g/mol. The van der Waals surface area contributed by atoms with Crippen molar-refractivity contribution in [2.45, 2.75) is 49.6 Å². The molecule has 0 bridgehead atoms. The molecule has 6 rings (SSSR count). The largest absolute Gasteiger partial charge is 0.360 e. The van der Waals surface area contributed by atoms with Crippen LogP contribution in [-0.4, -0.2) is 6.04 Å². The van der Waals surface area contributed by atoms with E-state index in [2.05, 4.69) is 89.8 Å². The normalized spacial score (nSPS) is 30.6. The molecule has 5 atom stereocenters. The summed E-state index contributed by atoms with van der Waals surface area (Å²) in [5, 5.41) is 0. The zero-order valence-electron chi connectivity index (χ0n) is 16.2. The lowest BCUT2D eigenvalue weighted by molar-refractivity contribution is 0.176. The number of anilines is 1. The molecule has 0 radical (unpaired) electrons. The zero-order chi connectivity index (χ0) is 18.5. The van der Waals surface area contributed by atoms with E-state index in [9.17, 15) is 0 Å². The zero-order valence-corrected chi connectivity index (χ0v) is 16.2. The molecule has 0 N–H and O–H groups in total. The van der Waals surface area contributed by atoms with E-state index in [-0.39, 0.29) is 0 Å². The summed E-state index contributed by atoms with van der Waals surface area (Å²) < 4.78 is 0. The molecule has 2 heterocycles. The van der Waals surface area contributed by atoms with E-state index in [0.717, 1.165) is 5.92 Å². The molecule has 0 amide bonds. The van der Waals surface area contributed by atoms with Gasteiger partial charge in [-0.05, 0) is 53.9 Å². The van der Waals surface area contributed by atoms with E-state index in [1.165, 1.54) is 36.9 Å². The van der Waals surface area contributed by atoms with Crippen LogP contribution in [0.1, 0.15) is 60.3 Å². The van der Waals surface area contributed by atoms with Crippen LogP contribution in [0.25, 0.3) is 0 Å². The van der Waals surface area contributed by atoms with E-state index < -0.39 is 0 Å². The Morgan fingerprint density at radius 1 is 0.643 bits per heavy atom. The van der Waals surface area contributed by atoms with E-state index in [1.807, 2.05) is 0 Å². The van der Waals surface area contributed by atoms with E-state index >= 15 is 0 Å². The average molecular weight is 366 g/mol. The maximum absolute atomic E-state index is 2.83. The van der Waals surface area contributed by atoms with Crippen molar-refractivity contribution in [2.24, 2.45) is 5.92 Å². The Morgan fingerprint density at radius 3 is 2.11 bits per heavy atom. The van der Waals surface area contributed by atoms with Crippen LogP contribution >= 0.6 is 0 Å². The fourth-order valence-corrected chi connectivity index (χ4v) is 6.55. The first-order valence-electron chi connectivity index (χ1n) is 10.9. The van der Waals surface area contributed by atoms with Gasteiger partial charge in [0.2, 0.25) is 0 Å². The summed E-state index contributed by atoms with van der Waals surface area (Å²) >= 11 is 0. The Labute approximate surface area is 168 Å². The molecule has 0 aromatic heterocycles. The minimum Gasteiger partial charge on any atom is -0.360 e. The lowest BCUT2D eigenvalue weighted by atomic mass is 9.64. The molecular formula is C27H27N. The number of fused-ring (bicyclic) bond motifs is 3. The number of hydrogen-bond acceptors (Lipinski definition) is 1. The molecular weight excluding hydrogens is 338 g/mol. The maximum atomic E-state index is 2.83. The van der Waals surface area contributed by atoms with Crippen LogP contribution in [0.5, 0.6) is 0 Å². The second-order valence-corrected chi connectivity index (χ2v) is 8.84. The maximum Gasteiger partial charge on any atom is 0.0551 e. The molecule has 1 heteroatoms. The number of benzene rings is 3. The number of para-hydroxylation sites is 1. The number of piperidine rings is 1. The van der Waals surface area contributed by atoms with Crippen molar-refractivity contribution in [3.63, 3.8) is 0 Å². The average Bonchev–Trinajstić information content (AvgIpc) is 3.12. The highest BCUT2D eigenvalue weighted by molar-refractivity contribution is 5.65. The lowest BCUT2D eigenvalue weighted by Gasteiger charge is -2.52. The third-order valence-corrected chi connectivity index (χ3v) is 7.58. The van der Waals surface area contributed by atoms with Gasteiger partial charge in [-0.25, -0.2) is 0 Å². The summed E-state index contributed by atoms with van der Waals surface area (Å²) in [5.74, 6) is 2.12. The topological polar surface area (TPSA) is 3.24 Å². The molecule has 1 nitrogen and oxygen atoms in total. The van der Waals surface area contributed by atoms with Gasteiger partial charge in [0.1, 0.15) is 0 Å². The molecule has 1 saturated carbocycles. The molecule has 0 unspecified atom stereocenters. The van der Waals surface area contributed by atoms with Gasteiger partial charge in [0, 0.05) is 17.6 Å². The third kappa shape index (κ3) is 2.38. The summed E-state index contributed by atoms with van der Waals surface area (Å²) in [7, 11) is 0. The Kier molecular flexibility index (Phi) is 3.82. The summed E-state index contributed by atoms with van der Waals surface area (Å²) in [6.45, 7) is 0. The van der Waals surface area contributed by atoms with Crippen LogP contribution < -0.4 is 4.90 Å². The molecule has 3 aromatic rings. The van der Waals surface area contributed by atoms with Gasteiger partial charge in [-0.15, -0.1) is 0 Å². The van der Waals surface area contributed by atoms with Crippen LogP contribution in [0.15, 0.2) is 84.9 Å². The van der Waals surface area contributed by atoms with Crippen molar-refractivity contribution in [2.75, 3.05) is 4.90 Å². The van der Waals surface area contributed by atoms with Crippen molar-refractivity contribution in [3.8, 4) is 0 Å². The van der Waals surface area contributed by atoms with Gasteiger partial charge < -0.3 is 4.90 Å². The molecule has 0 spiro atoms. The highest BCUT2D eigenvalue weighted by Gasteiger charge is 2.53. The molecule has 3 aromatic carbocycles. The smallest absolute Gasteiger partial charge is 0.0551 e. The molecule has 28 heavy (non-hydrogen) atoms. The second kappa shape index (κ2) is 6.51. The fourth-order valence-electron chi connectivity index (χ4n) is 6.55. The highest BCUT2D eigenvalue weighted by atomic mass is 15.2. The summed E-state index contributed by atoms with van der Waals surface area (Å²) in [6, 6.07) is 33.0. The first-order valence-corrected chi connectivity index (χ1v) is 10.9. The summed E-state index contributed by atoms with van der Waals surface area (Å²) in [6.07, 6.45) is 5.30. The molecule has 1 saturated heterocycles. The summed E-state index contributed by atoms with van der Waals surface area (Å²) in [5.41, 5.74) is 6.13. The van der Waals surface area contributed by atoms with Crippen molar-refractivity contribution in [1.29, 1.82) is 0 Å². The lowest BCUT2D eigenvalue weighted by Crippen LogP contribution is -2.51. The molecule has 2 fully saturated rings. The van der Waals surface area contributed by atoms with E-state index in [1.54, 1.807) is 11.1 Å². The number of rotatable bonds is 2. The van der Waals surface area contributed by atoms with Crippen LogP contribution in [0.2, 0.25) is 0 Å². The van der Waals surface area contributed by atoms with E-state index in [0.29, 0.717) is 23.9 Å². The number of hydrogen-bond donors (Lipinski definition) is 0. The van der Waals surface area contributed by atoms with Crippen LogP contribution in [0, 0.1) is 5.92 Å². The predicted octanol–water partition coefficient (Wildman–Crippen LogP) is 6.69. The minimum absolute atomic E-state index is 0.469. The summed E-state index contributed by atoms with van der Waals surface area (Å²) in [4.78, 5) is 2.83. The van der Waals surface area contributed by atoms with Crippen LogP contribution in [-0.2, 0) is 0 Å². The van der Waals surface area contributed by atoms with Crippen molar-refractivity contribution in [3.05, 3.63) is 102 Å². The van der Waals surface area contributed by atoms with E-state index in [4.69, 9.17) is 0 Å². The van der Waals surface area contributed by atoms with Gasteiger partial charge in [-0.3, -0.25) is 0 Å². The van der Waals surface area contributed by atoms with Crippen LogP contribution in [0.3, 0.4) is 0 Å². The SMILES string of the molecule is c1ccc([C@H]2C[C@@H](c3ccccc3)[C@H]3CCC[C@H]4c5ccccc5N2[C@@H]34)cc1. The van der Waals surface area contributed by atoms with Gasteiger partial charge in [0.25, 0.3) is 0 Å². The first kappa shape index (κ1) is 16.4. The second-order valence-electron chi connectivity index (χ2n) is 8.84.